The van der Waals surface area contributed by atoms with Crippen molar-refractivity contribution in [1.82, 2.24) is 0 Å². The summed E-state index contributed by atoms with van der Waals surface area (Å²) in [5.74, 6) is -4.25. The molecule has 4 aliphatic carbocycles. The van der Waals surface area contributed by atoms with Gasteiger partial charge in [-0.25, -0.2) is 0 Å². The van der Waals surface area contributed by atoms with Crippen molar-refractivity contribution in [3.8, 4) is 23.0 Å². The number of nitrogens with two attached hydrogens (primary N) is 2. The van der Waals surface area contributed by atoms with Crippen molar-refractivity contribution in [3.63, 3.8) is 0 Å². The summed E-state index contributed by atoms with van der Waals surface area (Å²) in [6.45, 7) is 4.02. The fourth-order valence-corrected chi connectivity index (χ4v) is 80.6. The van der Waals surface area contributed by atoms with Crippen LogP contribution in [0.15, 0.2) is 340 Å². The van der Waals surface area contributed by atoms with Gasteiger partial charge in [0.15, 0.2) is 0 Å². The van der Waals surface area contributed by atoms with Crippen LogP contribution in [0.4, 0.5) is 22.7 Å². The Morgan fingerprint density at radius 1 is 0.246 bits per heavy atom. The number of fused-ring (bicyclic) bond motifs is 14. The Morgan fingerprint density at radius 3 is 0.651 bits per heavy atom. The quantitative estimate of drug-likeness (QED) is 0.0517. The maximum Gasteiger partial charge on any atom is 0.515 e. The highest BCUT2D eigenvalue weighted by atomic mass is 28.6. The van der Waals surface area contributed by atoms with Crippen LogP contribution >= 0.6 is 0 Å². The molecule has 0 radical (unpaired) electrons. The van der Waals surface area contributed by atoms with Crippen LogP contribution in [-0.2, 0) is 76.8 Å². The Bertz CT molecular complexity index is 5590. The first-order valence-corrected chi connectivity index (χ1v) is 61.1. The van der Waals surface area contributed by atoms with E-state index in [4.69, 9.17) is 78.6 Å². The minimum Gasteiger partial charge on any atom is -0.457 e. The molecule has 12 fully saturated rings. The molecule has 632 valence electrons. The normalized spacial score (nSPS) is 35.1. The Morgan fingerprint density at radius 2 is 0.437 bits per heavy atom. The Labute approximate surface area is 737 Å². The second-order valence-corrected chi connectivity index (χ2v) is 64.8. The van der Waals surface area contributed by atoms with Gasteiger partial charge in [0.2, 0.25) is 23.6 Å². The van der Waals surface area contributed by atoms with E-state index in [0.717, 1.165) is 0 Å². The Balaban J connectivity index is 0.786. The number of carbonyl (C=O) groups is 4. The van der Waals surface area contributed by atoms with Gasteiger partial charge in [-0.3, -0.25) is 29.0 Å². The van der Waals surface area contributed by atoms with Crippen molar-refractivity contribution >= 4 is 175 Å². The molecule has 8 heterocycles. The maximum atomic E-state index is 16.2. The third-order valence-corrected chi connectivity index (χ3v) is 71.5. The number of benzene rings is 12. The molecule has 34 heteroatoms. The maximum absolute atomic E-state index is 16.2. The number of imide groups is 2. The Hall–Kier alpha value is -10.3. The molecule has 0 spiro atoms. The highest BCUT2D eigenvalue weighted by Crippen LogP contribution is 2.67. The summed E-state index contributed by atoms with van der Waals surface area (Å²) in [5.41, 5.74) is 12.6. The summed E-state index contributed by atoms with van der Waals surface area (Å²) in [7, 11) is -54.0. The molecule has 12 aliphatic rings. The second kappa shape index (κ2) is 30.2. The molecule has 10 unspecified atom stereocenters. The summed E-state index contributed by atoms with van der Waals surface area (Å²) >= 11 is 0. The molecule has 24 rings (SSSR count). The topological polar surface area (TPSA) is 274 Å². The lowest BCUT2D eigenvalue weighted by Crippen LogP contribution is -2.93. The monoisotopic (exact) mass is 1840 g/mol. The van der Waals surface area contributed by atoms with Crippen LogP contribution in [0, 0.1) is 47.3 Å². The average molecular weight is 1850 g/mol. The number of hydrogen-bond donors (Lipinski definition) is 2. The van der Waals surface area contributed by atoms with Crippen LogP contribution in [0.1, 0.15) is 25.7 Å². The highest BCUT2D eigenvalue weighted by Gasteiger charge is 2.86. The van der Waals surface area contributed by atoms with Gasteiger partial charge in [-0.15, -0.1) is 0 Å². The van der Waals surface area contributed by atoms with E-state index in [-0.39, 0.29) is 35.5 Å². The SMILES string of the molecule is C[Si]1(C2CC3CC2C2C(=O)N(c4ccc(Oc5ccc(N)cc5)cc4)C(=O)C32)O[Si]2(c3ccccc3)O[Si]3(c4ccccc4)O[Si]4(c5ccccc5)O[Si](c5ccccc5)(O[Si]5(c6ccccc6)O[Si](c6ccccc6)(O2)O[Si](c2ccccc2)(O3)O[Si](C)(C2CC3CC2C2C(=O)N(c6ccc(Oc7ccc(N)cc7)cc6)C(=O)C32)O[Si](c2ccccc2)(O4)O5)O1. The summed E-state index contributed by atoms with van der Waals surface area (Å²) in [4.78, 5) is 66.5. The van der Waals surface area contributed by atoms with Crippen molar-refractivity contribution in [2.45, 2.75) is 49.9 Å². The lowest BCUT2D eigenvalue weighted by atomic mass is 9.81. The van der Waals surface area contributed by atoms with Gasteiger partial charge in [0.05, 0.1) is 35.0 Å². The van der Waals surface area contributed by atoms with Crippen LogP contribution in [-0.4, -0.2) is 111 Å². The zero-order valence-electron chi connectivity index (χ0n) is 68.1. The molecular weight excluding hydrogens is 1760 g/mol. The third kappa shape index (κ3) is 13.0. The average Bonchev–Trinajstić information content (AvgIpc) is 1.30. The number of rotatable bonds is 16. The summed E-state index contributed by atoms with van der Waals surface area (Å²) in [6.07, 6.45) is 1.58. The molecule has 12 aromatic carbocycles. The van der Waals surface area contributed by atoms with E-state index >= 15 is 19.2 Å². The van der Waals surface area contributed by atoms with Gasteiger partial charge in [-0.2, -0.15) is 0 Å². The van der Waals surface area contributed by atoms with Crippen molar-refractivity contribution in [2.24, 2.45) is 47.3 Å². The molecule has 8 saturated heterocycles. The Kier molecular flexibility index (Phi) is 19.2. The smallest absolute Gasteiger partial charge is 0.457 e. The molecule has 24 nitrogen and oxygen atoms in total. The summed E-state index contributed by atoms with van der Waals surface area (Å²) in [6, 6.07) is 104. The van der Waals surface area contributed by atoms with Crippen LogP contribution in [0.25, 0.3) is 0 Å². The number of ether oxygens (including phenoxy) is 2. The van der Waals surface area contributed by atoms with Gasteiger partial charge < -0.3 is 78.6 Å². The molecule has 10 atom stereocenters. The predicted molar refractivity (Wildman–Crippen MR) is 487 cm³/mol. The van der Waals surface area contributed by atoms with E-state index < -0.39 is 134 Å². The van der Waals surface area contributed by atoms with E-state index in [1.165, 1.54) is 9.80 Å². The first-order chi connectivity index (χ1) is 61.2. The van der Waals surface area contributed by atoms with Crippen molar-refractivity contribution in [3.05, 3.63) is 340 Å². The van der Waals surface area contributed by atoms with Gasteiger partial charge >= 0.3 is 87.6 Å². The van der Waals surface area contributed by atoms with E-state index in [1.807, 2.05) is 256 Å². The highest BCUT2D eigenvalue weighted by molar-refractivity contribution is 7.13. The number of nitrogens with zero attached hydrogens (tertiary/aromatic N) is 2. The third-order valence-electron chi connectivity index (χ3n) is 26.9. The van der Waals surface area contributed by atoms with Gasteiger partial charge in [0.1, 0.15) is 23.0 Å². The van der Waals surface area contributed by atoms with Crippen LogP contribution in [0.5, 0.6) is 23.0 Å². The molecule has 4 N–H and O–H groups in total. The number of hydrogen-bond acceptors (Lipinski definition) is 22. The fraction of sp³-hybridized carbons (Fsp3) is 0.174. The molecule has 4 amide bonds. The molecule has 4 saturated carbocycles. The fourth-order valence-electron chi connectivity index (χ4n) is 21.5. The lowest BCUT2D eigenvalue weighted by Gasteiger charge is -2.62. The van der Waals surface area contributed by atoms with Gasteiger partial charge in [-0.05, 0) is 160 Å². The lowest BCUT2D eigenvalue weighted by molar-refractivity contribution is -0.124. The largest absolute Gasteiger partial charge is 0.515 e. The molecule has 12 bridgehead atoms. The molecular formula is C92H84N4O20Si10. The second-order valence-electron chi connectivity index (χ2n) is 34.3. The molecule has 8 aliphatic heterocycles. The predicted octanol–water partition coefficient (Wildman–Crippen LogP) is 10.4. The zero-order chi connectivity index (χ0) is 85.2. The number of amides is 4. The number of carbonyl (C=O) groups excluding carboxylic acids is 4. The first kappa shape index (κ1) is 80.3. The van der Waals surface area contributed by atoms with Crippen LogP contribution < -0.4 is 72.2 Å². The molecule has 126 heavy (non-hydrogen) atoms. The zero-order valence-corrected chi connectivity index (χ0v) is 78.1. The van der Waals surface area contributed by atoms with E-state index in [9.17, 15) is 0 Å². The van der Waals surface area contributed by atoms with Gasteiger partial charge in [-0.1, -0.05) is 243 Å². The minimum absolute atomic E-state index is 0.297. The van der Waals surface area contributed by atoms with E-state index in [0.29, 0.717) is 113 Å². The van der Waals surface area contributed by atoms with Crippen molar-refractivity contribution in [1.29, 1.82) is 0 Å². The van der Waals surface area contributed by atoms with Gasteiger partial charge in [0, 0.05) is 64.0 Å². The van der Waals surface area contributed by atoms with E-state index in [1.54, 1.807) is 97.1 Å². The first-order valence-electron chi connectivity index (χ1n) is 42.5. The number of nitrogen functional groups attached to an aromatic ring is 2. The van der Waals surface area contributed by atoms with E-state index in [2.05, 4.69) is 0 Å². The van der Waals surface area contributed by atoms with Crippen molar-refractivity contribution < 1.29 is 86.3 Å². The van der Waals surface area contributed by atoms with Crippen molar-refractivity contribution in [2.75, 3.05) is 21.3 Å². The minimum atomic E-state index is -5.62. The summed E-state index contributed by atoms with van der Waals surface area (Å²) < 4.78 is 138. The van der Waals surface area contributed by atoms with Crippen LogP contribution in [0.2, 0.25) is 24.2 Å². The van der Waals surface area contributed by atoms with Crippen LogP contribution in [0.3, 0.4) is 0 Å². The molecule has 12 aromatic rings. The standard InChI is InChI=1S/C92H84N4O20Si10/c1-117(83-61-63-59-81(83)87-85(63)89(97)95(91(87)99)67-47-55-71(56-48-67)101-69-51-43-65(93)44-52-69)103-119(73-27-11-3-12-28-73)107-123(77-35-19-7-20-36-77)111-121(75-31-15-5-16-32-75)105-118(2,84-62-64-60-82(84)88-86(64)90(98)96(92(88)100)68-49-57-72(58-50-68)102-70-53-45-66(94)46-54-70)106-122(76-33-17-6-18-34-76)113-125(115-123,79-39-23-9-24-40-79)109-120(104-117,74-29-13-4-14-30-74)110-126(114-122,80-41-25-10-26-42-80)116-124(108-119,112-121)78-37-21-8-22-38-78/h3-58,63-64,81-88H,59-62,93-94H2,1-2H3. The molecule has 0 aromatic heterocycles. The summed E-state index contributed by atoms with van der Waals surface area (Å²) in [5, 5.41) is 3.19. The van der Waals surface area contributed by atoms with Gasteiger partial charge in [0.25, 0.3) is 0 Å². The number of anilines is 4.